The topological polar surface area (TPSA) is 41.1 Å². The monoisotopic (exact) mass is 214 g/mol. The Morgan fingerprint density at radius 1 is 1.13 bits per heavy atom. The third-order valence-corrected chi connectivity index (χ3v) is 2.87. The maximum atomic E-state index is 11.8. The minimum absolute atomic E-state index is 0.0749. The van der Waals surface area contributed by atoms with E-state index in [2.05, 4.69) is 31.4 Å². The number of likely N-dealkylation sites (N-methyl/N-ethyl adjacent to an activating group) is 1. The maximum absolute atomic E-state index is 11.8. The highest BCUT2D eigenvalue weighted by molar-refractivity contribution is 5.85. The van der Waals surface area contributed by atoms with Crippen molar-refractivity contribution in [3.05, 3.63) is 0 Å². The first kappa shape index (κ1) is 14.4. The van der Waals surface area contributed by atoms with E-state index in [9.17, 15) is 4.79 Å². The molecule has 0 aromatic rings. The van der Waals surface area contributed by atoms with Gasteiger partial charge >= 0.3 is 0 Å². The fraction of sp³-hybridized carbons (Fsp3) is 0.917. The van der Waals surface area contributed by atoms with Gasteiger partial charge in [0.25, 0.3) is 0 Å². The molecule has 0 unspecified atom stereocenters. The molecule has 3 nitrogen and oxygen atoms in total. The second-order valence-electron chi connectivity index (χ2n) is 5.36. The molecule has 90 valence electrons. The molecule has 15 heavy (non-hydrogen) atoms. The number of nitrogens with one attached hydrogen (secondary N) is 2. The van der Waals surface area contributed by atoms with Crippen LogP contribution in [0.3, 0.4) is 0 Å². The summed E-state index contributed by atoms with van der Waals surface area (Å²) >= 11 is 0. The van der Waals surface area contributed by atoms with Gasteiger partial charge in [-0.1, -0.05) is 27.7 Å². The van der Waals surface area contributed by atoms with Crippen molar-refractivity contribution >= 4 is 5.91 Å². The summed E-state index contributed by atoms with van der Waals surface area (Å²) in [7, 11) is 0. The zero-order chi connectivity index (χ0) is 12.1. The van der Waals surface area contributed by atoms with E-state index in [4.69, 9.17) is 0 Å². The molecule has 0 radical (unpaired) electrons. The predicted octanol–water partition coefficient (Wildman–Crippen LogP) is 1.93. The molecule has 0 aliphatic heterocycles. The average molecular weight is 214 g/mol. The third kappa shape index (κ3) is 5.17. The Hall–Kier alpha value is -0.570. The standard InChI is InChI=1S/C12H26N2O/c1-7-11(3,4)9-13-10(15)12(5,6)14-8-2/h14H,7-9H2,1-6H3,(H,13,15). The van der Waals surface area contributed by atoms with Gasteiger partial charge in [-0.05, 0) is 32.2 Å². The summed E-state index contributed by atoms with van der Waals surface area (Å²) < 4.78 is 0. The number of rotatable bonds is 6. The first-order valence-corrected chi connectivity index (χ1v) is 5.78. The molecular weight excluding hydrogens is 188 g/mol. The molecule has 2 N–H and O–H groups in total. The van der Waals surface area contributed by atoms with Crippen LogP contribution in [0.1, 0.15) is 48.0 Å². The van der Waals surface area contributed by atoms with Crippen molar-refractivity contribution in [3.8, 4) is 0 Å². The molecular formula is C12H26N2O. The minimum atomic E-state index is -0.474. The van der Waals surface area contributed by atoms with Gasteiger partial charge in [-0.25, -0.2) is 0 Å². The Balaban J connectivity index is 4.14. The van der Waals surface area contributed by atoms with Gasteiger partial charge in [-0.2, -0.15) is 0 Å². The van der Waals surface area contributed by atoms with E-state index in [-0.39, 0.29) is 11.3 Å². The van der Waals surface area contributed by atoms with Crippen LogP contribution in [0, 0.1) is 5.41 Å². The smallest absolute Gasteiger partial charge is 0.239 e. The fourth-order valence-corrected chi connectivity index (χ4v) is 1.19. The summed E-state index contributed by atoms with van der Waals surface area (Å²) in [4.78, 5) is 11.8. The molecule has 0 bridgehead atoms. The summed E-state index contributed by atoms with van der Waals surface area (Å²) in [5.41, 5.74) is -0.295. The van der Waals surface area contributed by atoms with Crippen molar-refractivity contribution in [2.24, 2.45) is 5.41 Å². The molecule has 0 rings (SSSR count). The first-order valence-electron chi connectivity index (χ1n) is 5.78. The van der Waals surface area contributed by atoms with Crippen molar-refractivity contribution in [2.75, 3.05) is 13.1 Å². The molecule has 0 aliphatic carbocycles. The summed E-state index contributed by atoms with van der Waals surface area (Å²) in [5, 5.41) is 6.16. The Morgan fingerprint density at radius 2 is 1.67 bits per heavy atom. The summed E-state index contributed by atoms with van der Waals surface area (Å²) in [6.07, 6.45) is 1.06. The average Bonchev–Trinajstić information content (AvgIpc) is 2.14. The Labute approximate surface area is 94.0 Å². The van der Waals surface area contributed by atoms with Crippen LogP contribution in [0.4, 0.5) is 0 Å². The number of hydrogen-bond acceptors (Lipinski definition) is 2. The molecule has 0 atom stereocenters. The molecule has 3 heteroatoms. The lowest BCUT2D eigenvalue weighted by Gasteiger charge is -2.28. The molecule has 0 heterocycles. The number of carbonyl (C=O) groups is 1. The zero-order valence-corrected chi connectivity index (χ0v) is 11.0. The summed E-state index contributed by atoms with van der Waals surface area (Å²) in [5.74, 6) is 0.0749. The van der Waals surface area contributed by atoms with E-state index in [0.717, 1.165) is 19.5 Å². The van der Waals surface area contributed by atoms with Gasteiger partial charge in [-0.15, -0.1) is 0 Å². The molecule has 0 aromatic heterocycles. The molecule has 1 amide bonds. The highest BCUT2D eigenvalue weighted by Gasteiger charge is 2.27. The van der Waals surface area contributed by atoms with E-state index in [1.807, 2.05) is 20.8 Å². The van der Waals surface area contributed by atoms with Crippen LogP contribution in [0.5, 0.6) is 0 Å². The maximum Gasteiger partial charge on any atom is 0.239 e. The Morgan fingerprint density at radius 3 is 2.07 bits per heavy atom. The highest BCUT2D eigenvalue weighted by atomic mass is 16.2. The second-order valence-corrected chi connectivity index (χ2v) is 5.36. The predicted molar refractivity (Wildman–Crippen MR) is 64.8 cm³/mol. The van der Waals surface area contributed by atoms with Gasteiger partial charge in [-0.3, -0.25) is 4.79 Å². The second kappa shape index (κ2) is 5.50. The molecule has 0 aliphatic rings. The van der Waals surface area contributed by atoms with E-state index >= 15 is 0 Å². The normalized spacial score (nSPS) is 12.7. The van der Waals surface area contributed by atoms with Gasteiger partial charge < -0.3 is 10.6 Å². The lowest BCUT2D eigenvalue weighted by atomic mass is 9.90. The van der Waals surface area contributed by atoms with Gasteiger partial charge in [0.1, 0.15) is 0 Å². The summed E-state index contributed by atoms with van der Waals surface area (Å²) in [6.45, 7) is 13.8. The first-order chi connectivity index (χ1) is 6.75. The van der Waals surface area contributed by atoms with Crippen molar-refractivity contribution in [1.29, 1.82) is 0 Å². The lowest BCUT2D eigenvalue weighted by Crippen LogP contribution is -2.53. The van der Waals surface area contributed by atoms with E-state index < -0.39 is 5.54 Å². The van der Waals surface area contributed by atoms with Crippen molar-refractivity contribution in [1.82, 2.24) is 10.6 Å². The van der Waals surface area contributed by atoms with Crippen molar-refractivity contribution in [3.63, 3.8) is 0 Å². The Kier molecular flexibility index (Phi) is 5.29. The Bertz CT molecular complexity index is 210. The molecule has 0 fully saturated rings. The van der Waals surface area contributed by atoms with Gasteiger partial charge in [0.05, 0.1) is 5.54 Å². The minimum Gasteiger partial charge on any atom is -0.354 e. The molecule has 0 saturated carbocycles. The van der Waals surface area contributed by atoms with Crippen LogP contribution >= 0.6 is 0 Å². The van der Waals surface area contributed by atoms with Crippen molar-refractivity contribution in [2.45, 2.75) is 53.5 Å². The number of hydrogen-bond donors (Lipinski definition) is 2. The fourth-order valence-electron chi connectivity index (χ4n) is 1.19. The molecule has 0 aromatic carbocycles. The number of carbonyl (C=O) groups excluding carboxylic acids is 1. The van der Waals surface area contributed by atoms with Crippen LogP contribution in [0.2, 0.25) is 0 Å². The SMILES string of the molecule is CCNC(C)(C)C(=O)NCC(C)(C)CC. The van der Waals surface area contributed by atoms with E-state index in [1.165, 1.54) is 0 Å². The van der Waals surface area contributed by atoms with Crippen LogP contribution in [0.25, 0.3) is 0 Å². The number of amides is 1. The zero-order valence-electron chi connectivity index (χ0n) is 11.0. The quantitative estimate of drug-likeness (QED) is 0.709. The van der Waals surface area contributed by atoms with E-state index in [0.29, 0.717) is 0 Å². The van der Waals surface area contributed by atoms with E-state index in [1.54, 1.807) is 0 Å². The largest absolute Gasteiger partial charge is 0.354 e. The van der Waals surface area contributed by atoms with Crippen LogP contribution in [0.15, 0.2) is 0 Å². The summed E-state index contributed by atoms with van der Waals surface area (Å²) in [6, 6.07) is 0. The molecule has 0 saturated heterocycles. The third-order valence-electron chi connectivity index (χ3n) is 2.87. The van der Waals surface area contributed by atoms with Crippen LogP contribution in [-0.2, 0) is 4.79 Å². The highest BCUT2D eigenvalue weighted by Crippen LogP contribution is 2.18. The van der Waals surface area contributed by atoms with Gasteiger partial charge in [0.2, 0.25) is 5.91 Å². The van der Waals surface area contributed by atoms with Gasteiger partial charge in [0, 0.05) is 6.54 Å². The lowest BCUT2D eigenvalue weighted by molar-refractivity contribution is -0.126. The van der Waals surface area contributed by atoms with Crippen LogP contribution < -0.4 is 10.6 Å². The van der Waals surface area contributed by atoms with Crippen molar-refractivity contribution < 1.29 is 4.79 Å². The van der Waals surface area contributed by atoms with Crippen LogP contribution in [-0.4, -0.2) is 24.5 Å². The molecule has 0 spiro atoms. The van der Waals surface area contributed by atoms with Gasteiger partial charge in [0.15, 0.2) is 0 Å².